The number of anilines is 1. The highest BCUT2D eigenvalue weighted by Crippen LogP contribution is 2.26. The van der Waals surface area contributed by atoms with Gasteiger partial charge in [-0.05, 0) is 31.2 Å². The van der Waals surface area contributed by atoms with Gasteiger partial charge in [0.15, 0.2) is 0 Å². The quantitative estimate of drug-likeness (QED) is 0.521. The van der Waals surface area contributed by atoms with Crippen molar-refractivity contribution in [2.75, 3.05) is 12.3 Å². The van der Waals surface area contributed by atoms with E-state index in [4.69, 9.17) is 5.73 Å². The van der Waals surface area contributed by atoms with Crippen LogP contribution in [-0.4, -0.2) is 18.9 Å². The molecule has 0 aliphatic carbocycles. The summed E-state index contributed by atoms with van der Waals surface area (Å²) in [6.45, 7) is 1.84. The molecule has 0 atom stereocenters. The first-order valence-electron chi connectivity index (χ1n) is 5.32. The van der Waals surface area contributed by atoms with Crippen molar-refractivity contribution in [2.45, 2.75) is 13.3 Å². The number of esters is 1. The first kappa shape index (κ1) is 14.9. The molecule has 0 aromatic heterocycles. The summed E-state index contributed by atoms with van der Waals surface area (Å²) in [5.74, 6) is -1.02. The second kappa shape index (κ2) is 6.12. The van der Waals surface area contributed by atoms with Crippen molar-refractivity contribution in [2.24, 2.45) is 0 Å². The van der Waals surface area contributed by atoms with Crippen molar-refractivity contribution >= 4 is 17.7 Å². The van der Waals surface area contributed by atoms with Crippen molar-refractivity contribution in [3.05, 3.63) is 29.8 Å². The number of hydrogen-bond acceptors (Lipinski definition) is 4. The normalized spacial score (nSPS) is 11.6. The highest BCUT2D eigenvalue weighted by Gasteiger charge is 2.31. The summed E-state index contributed by atoms with van der Waals surface area (Å²) in [4.78, 5) is 11.1. The Hall–Kier alpha value is -2.18. The van der Waals surface area contributed by atoms with Gasteiger partial charge in [-0.3, -0.25) is 0 Å². The van der Waals surface area contributed by atoms with Crippen LogP contribution in [0.2, 0.25) is 0 Å². The first-order chi connectivity index (χ1) is 8.81. The van der Waals surface area contributed by atoms with E-state index in [1.165, 1.54) is 12.1 Å². The molecular weight excluding hydrogens is 263 g/mol. The molecule has 104 valence electrons. The Labute approximate surface area is 107 Å². The number of carbonyl (C=O) groups excluding carboxylic acids is 1. The molecule has 1 aromatic carbocycles. The summed E-state index contributed by atoms with van der Waals surface area (Å²) in [5, 5.41) is 0. The van der Waals surface area contributed by atoms with Crippen LogP contribution in [0.25, 0.3) is 6.08 Å². The van der Waals surface area contributed by atoms with Crippen LogP contribution in [-0.2, 0) is 9.53 Å². The lowest BCUT2D eigenvalue weighted by Gasteiger charge is -2.10. The highest BCUT2D eigenvalue weighted by atomic mass is 19.4. The Bertz CT molecular complexity index is 484. The molecule has 1 aromatic rings. The second-order valence-electron chi connectivity index (χ2n) is 3.42. The fourth-order valence-corrected chi connectivity index (χ4v) is 1.24. The Morgan fingerprint density at radius 2 is 2.11 bits per heavy atom. The van der Waals surface area contributed by atoms with E-state index in [0.29, 0.717) is 0 Å². The van der Waals surface area contributed by atoms with Crippen LogP contribution in [0.1, 0.15) is 12.5 Å². The number of ether oxygens (including phenoxy) is 2. The zero-order chi connectivity index (χ0) is 14.5. The zero-order valence-electron chi connectivity index (χ0n) is 10.0. The van der Waals surface area contributed by atoms with E-state index < -0.39 is 18.1 Å². The number of nitrogen functional groups attached to an aromatic ring is 1. The molecule has 0 radical (unpaired) electrons. The van der Waals surface area contributed by atoms with Crippen LogP contribution in [0, 0.1) is 0 Å². The lowest BCUT2D eigenvalue weighted by molar-refractivity contribution is -0.274. The fraction of sp³-hybridized carbons (Fsp3) is 0.250. The summed E-state index contributed by atoms with van der Waals surface area (Å²) in [6.07, 6.45) is -2.44. The summed E-state index contributed by atoms with van der Waals surface area (Å²) in [7, 11) is 0. The molecule has 19 heavy (non-hydrogen) atoms. The minimum atomic E-state index is -4.78. The standard InChI is InChI=1S/C12H12F3NO3/c1-2-18-11(17)6-3-8-7-9(4-5-10(8)16)19-12(13,14)15/h3-7H,2,16H2,1H3/b6-3+. The Morgan fingerprint density at radius 1 is 1.42 bits per heavy atom. The van der Waals surface area contributed by atoms with Crippen molar-refractivity contribution in [1.29, 1.82) is 0 Å². The van der Waals surface area contributed by atoms with Gasteiger partial charge in [-0.2, -0.15) is 0 Å². The smallest absolute Gasteiger partial charge is 0.463 e. The summed E-state index contributed by atoms with van der Waals surface area (Å²) >= 11 is 0. The van der Waals surface area contributed by atoms with Crippen LogP contribution >= 0.6 is 0 Å². The van der Waals surface area contributed by atoms with Crippen LogP contribution in [0.15, 0.2) is 24.3 Å². The lowest BCUT2D eigenvalue weighted by Crippen LogP contribution is -2.17. The predicted octanol–water partition coefficient (Wildman–Crippen LogP) is 2.74. The molecule has 0 unspecified atom stereocenters. The SMILES string of the molecule is CCOC(=O)/C=C/c1cc(OC(F)(F)F)ccc1N. The molecule has 0 saturated carbocycles. The van der Waals surface area contributed by atoms with Gasteiger partial charge in [-0.1, -0.05) is 0 Å². The number of hydrogen-bond donors (Lipinski definition) is 1. The molecule has 2 N–H and O–H groups in total. The van der Waals surface area contributed by atoms with Gasteiger partial charge in [0, 0.05) is 17.3 Å². The fourth-order valence-electron chi connectivity index (χ4n) is 1.24. The van der Waals surface area contributed by atoms with Gasteiger partial charge >= 0.3 is 12.3 Å². The topological polar surface area (TPSA) is 61.5 Å². The van der Waals surface area contributed by atoms with E-state index >= 15 is 0 Å². The van der Waals surface area contributed by atoms with Gasteiger partial charge in [-0.15, -0.1) is 13.2 Å². The van der Waals surface area contributed by atoms with Gasteiger partial charge in [0.05, 0.1) is 6.61 Å². The molecule has 0 amide bonds. The second-order valence-corrected chi connectivity index (χ2v) is 3.42. The molecule has 0 aliphatic heterocycles. The zero-order valence-corrected chi connectivity index (χ0v) is 10.0. The average Bonchev–Trinajstić information content (AvgIpc) is 2.28. The van der Waals surface area contributed by atoms with Gasteiger partial charge in [0.25, 0.3) is 0 Å². The molecule has 1 rings (SSSR count). The third-order valence-electron chi connectivity index (χ3n) is 1.98. The number of carbonyl (C=O) groups is 1. The molecule has 0 aliphatic rings. The Kier molecular flexibility index (Phi) is 4.80. The van der Waals surface area contributed by atoms with Crippen LogP contribution in [0.3, 0.4) is 0 Å². The Morgan fingerprint density at radius 3 is 2.68 bits per heavy atom. The van der Waals surface area contributed by atoms with Crippen LogP contribution in [0.4, 0.5) is 18.9 Å². The number of halogens is 3. The molecule has 7 heteroatoms. The van der Waals surface area contributed by atoms with Crippen molar-refractivity contribution in [3.8, 4) is 5.75 Å². The predicted molar refractivity (Wildman–Crippen MR) is 63.2 cm³/mol. The van der Waals surface area contributed by atoms with Crippen molar-refractivity contribution in [1.82, 2.24) is 0 Å². The first-order valence-corrected chi connectivity index (χ1v) is 5.32. The summed E-state index contributed by atoms with van der Waals surface area (Å²) in [5.41, 5.74) is 6.02. The highest BCUT2D eigenvalue weighted by molar-refractivity contribution is 5.88. The average molecular weight is 275 g/mol. The largest absolute Gasteiger partial charge is 0.573 e. The third-order valence-corrected chi connectivity index (χ3v) is 1.98. The molecule has 0 spiro atoms. The lowest BCUT2D eigenvalue weighted by atomic mass is 10.1. The number of alkyl halides is 3. The van der Waals surface area contributed by atoms with Gasteiger partial charge < -0.3 is 15.2 Å². The minimum Gasteiger partial charge on any atom is -0.463 e. The molecule has 0 bridgehead atoms. The molecule has 0 heterocycles. The summed E-state index contributed by atoms with van der Waals surface area (Å²) < 4.78 is 44.5. The molecular formula is C12H12F3NO3. The van der Waals surface area contributed by atoms with E-state index in [0.717, 1.165) is 18.2 Å². The number of rotatable bonds is 4. The molecule has 4 nitrogen and oxygen atoms in total. The van der Waals surface area contributed by atoms with E-state index in [9.17, 15) is 18.0 Å². The van der Waals surface area contributed by atoms with E-state index in [2.05, 4.69) is 9.47 Å². The minimum absolute atomic E-state index is 0.204. The monoisotopic (exact) mass is 275 g/mol. The van der Waals surface area contributed by atoms with Gasteiger partial charge in [0.1, 0.15) is 5.75 Å². The molecule has 0 saturated heterocycles. The maximum absolute atomic E-state index is 12.0. The third kappa shape index (κ3) is 5.33. The van der Waals surface area contributed by atoms with E-state index in [1.54, 1.807) is 6.92 Å². The van der Waals surface area contributed by atoms with Gasteiger partial charge in [-0.25, -0.2) is 4.79 Å². The molecule has 0 fully saturated rings. The number of nitrogens with two attached hydrogens (primary N) is 1. The summed E-state index contributed by atoms with van der Waals surface area (Å²) in [6, 6.07) is 3.43. The van der Waals surface area contributed by atoms with Crippen molar-refractivity contribution < 1.29 is 27.4 Å². The van der Waals surface area contributed by atoms with E-state index in [1.807, 2.05) is 0 Å². The Balaban J connectivity index is 2.88. The van der Waals surface area contributed by atoms with Gasteiger partial charge in [0.2, 0.25) is 0 Å². The maximum Gasteiger partial charge on any atom is 0.573 e. The van der Waals surface area contributed by atoms with Crippen LogP contribution < -0.4 is 10.5 Å². The van der Waals surface area contributed by atoms with E-state index in [-0.39, 0.29) is 17.9 Å². The number of benzene rings is 1. The maximum atomic E-state index is 12.0. The van der Waals surface area contributed by atoms with Crippen LogP contribution in [0.5, 0.6) is 5.75 Å². The van der Waals surface area contributed by atoms with Crippen molar-refractivity contribution in [3.63, 3.8) is 0 Å².